The number of nitriles is 1. The van der Waals surface area contributed by atoms with Crippen LogP contribution >= 0.6 is 11.3 Å². The van der Waals surface area contributed by atoms with Crippen LogP contribution in [-0.4, -0.2) is 6.08 Å². The third-order valence-electron chi connectivity index (χ3n) is 2.41. The Morgan fingerprint density at radius 1 is 1.36 bits per heavy atom. The van der Waals surface area contributed by atoms with Crippen LogP contribution in [0.15, 0.2) is 4.99 Å². The van der Waals surface area contributed by atoms with Gasteiger partial charge in [0.1, 0.15) is 11.1 Å². The van der Waals surface area contributed by atoms with Gasteiger partial charge in [0, 0.05) is 4.88 Å². The van der Waals surface area contributed by atoms with Gasteiger partial charge in [-0.1, -0.05) is 0 Å². The first kappa shape index (κ1) is 9.14. The Bertz CT molecular complexity index is 449. The number of fused-ring (bicyclic) bond motifs is 1. The minimum Gasteiger partial charge on any atom is -0.211 e. The van der Waals surface area contributed by atoms with Gasteiger partial charge in [0.15, 0.2) is 0 Å². The summed E-state index contributed by atoms with van der Waals surface area (Å²) in [6.07, 6.45) is 5.76. The summed E-state index contributed by atoms with van der Waals surface area (Å²) >= 11 is 1.46. The van der Waals surface area contributed by atoms with Crippen molar-refractivity contribution in [3.63, 3.8) is 0 Å². The van der Waals surface area contributed by atoms with Crippen LogP contribution in [0.2, 0.25) is 0 Å². The molecule has 0 aliphatic heterocycles. The second-order valence-electron chi connectivity index (χ2n) is 3.21. The van der Waals surface area contributed by atoms with Crippen LogP contribution in [0.5, 0.6) is 0 Å². The molecular formula is C10H8N2OS. The smallest absolute Gasteiger partial charge is 0.211 e. The lowest BCUT2D eigenvalue weighted by Crippen LogP contribution is -1.99. The first-order valence-electron chi connectivity index (χ1n) is 4.49. The first-order chi connectivity index (χ1) is 6.86. The molecule has 3 nitrogen and oxygen atoms in total. The predicted molar refractivity (Wildman–Crippen MR) is 53.5 cm³/mol. The molecular weight excluding hydrogens is 196 g/mol. The Labute approximate surface area is 85.7 Å². The zero-order chi connectivity index (χ0) is 9.97. The lowest BCUT2D eigenvalue weighted by atomic mass is 9.96. The van der Waals surface area contributed by atoms with Gasteiger partial charge in [0.2, 0.25) is 6.08 Å². The molecule has 0 N–H and O–H groups in total. The number of aryl methyl sites for hydroxylation is 1. The van der Waals surface area contributed by atoms with Crippen molar-refractivity contribution in [1.82, 2.24) is 0 Å². The molecule has 0 aromatic carbocycles. The molecule has 1 aliphatic rings. The molecule has 1 aliphatic carbocycles. The first-order valence-corrected chi connectivity index (χ1v) is 5.31. The van der Waals surface area contributed by atoms with E-state index < -0.39 is 0 Å². The van der Waals surface area contributed by atoms with Gasteiger partial charge in [-0.25, -0.2) is 4.79 Å². The number of hydrogen-bond donors (Lipinski definition) is 0. The summed E-state index contributed by atoms with van der Waals surface area (Å²) in [6.45, 7) is 0. The van der Waals surface area contributed by atoms with Crippen LogP contribution in [0.25, 0.3) is 0 Å². The summed E-state index contributed by atoms with van der Waals surface area (Å²) in [5.41, 5.74) is 1.70. The number of nitrogens with zero attached hydrogens (tertiary/aromatic N) is 2. The molecule has 4 heteroatoms. The zero-order valence-corrected chi connectivity index (χ0v) is 8.36. The SMILES string of the molecule is N#Cc1c(N=C=O)sc2c1CCCC2. The van der Waals surface area contributed by atoms with Gasteiger partial charge < -0.3 is 0 Å². The fourth-order valence-corrected chi connectivity index (χ4v) is 2.95. The van der Waals surface area contributed by atoms with Crippen LogP contribution in [0, 0.1) is 11.3 Å². The average molecular weight is 204 g/mol. The van der Waals surface area contributed by atoms with E-state index in [1.165, 1.54) is 28.7 Å². The van der Waals surface area contributed by atoms with E-state index in [-0.39, 0.29) is 0 Å². The highest BCUT2D eigenvalue weighted by Crippen LogP contribution is 2.38. The lowest BCUT2D eigenvalue weighted by molar-refractivity contribution is 0.565. The number of hydrogen-bond acceptors (Lipinski definition) is 4. The highest BCUT2D eigenvalue weighted by atomic mass is 32.1. The Morgan fingerprint density at radius 2 is 2.14 bits per heavy atom. The summed E-state index contributed by atoms with van der Waals surface area (Å²) in [4.78, 5) is 15.0. The second kappa shape index (κ2) is 3.75. The fraction of sp³-hybridized carbons (Fsp3) is 0.400. The van der Waals surface area contributed by atoms with E-state index in [2.05, 4.69) is 11.1 Å². The summed E-state index contributed by atoms with van der Waals surface area (Å²) in [6, 6.07) is 2.13. The van der Waals surface area contributed by atoms with Crippen molar-refractivity contribution < 1.29 is 4.79 Å². The number of carbonyl (C=O) groups excluding carboxylic acids is 1. The van der Waals surface area contributed by atoms with Crippen LogP contribution < -0.4 is 0 Å². The van der Waals surface area contributed by atoms with E-state index in [1.807, 2.05) is 0 Å². The third-order valence-corrected chi connectivity index (χ3v) is 3.60. The maximum Gasteiger partial charge on any atom is 0.241 e. The van der Waals surface area contributed by atoms with E-state index in [0.717, 1.165) is 24.8 Å². The van der Waals surface area contributed by atoms with Gasteiger partial charge >= 0.3 is 0 Å². The molecule has 70 valence electrons. The van der Waals surface area contributed by atoms with Gasteiger partial charge in [0.05, 0.1) is 5.56 Å². The number of rotatable bonds is 1. The van der Waals surface area contributed by atoms with Crippen molar-refractivity contribution in [3.05, 3.63) is 16.0 Å². The Kier molecular flexibility index (Phi) is 2.45. The van der Waals surface area contributed by atoms with Crippen molar-refractivity contribution in [2.45, 2.75) is 25.7 Å². The van der Waals surface area contributed by atoms with Crippen molar-refractivity contribution in [3.8, 4) is 6.07 Å². The maximum atomic E-state index is 10.2. The second-order valence-corrected chi connectivity index (χ2v) is 4.29. The van der Waals surface area contributed by atoms with Crippen LogP contribution in [-0.2, 0) is 17.6 Å². The minimum atomic E-state index is 0.536. The molecule has 0 spiro atoms. The molecule has 2 rings (SSSR count). The Balaban J connectivity index is 2.58. The van der Waals surface area contributed by atoms with E-state index in [9.17, 15) is 4.79 Å². The van der Waals surface area contributed by atoms with Crippen molar-refractivity contribution in [2.75, 3.05) is 0 Å². The number of isocyanates is 1. The molecule has 0 radical (unpaired) electrons. The number of thiophene rings is 1. The molecule has 1 aromatic heterocycles. The average Bonchev–Trinajstić information content (AvgIpc) is 2.55. The molecule has 0 fully saturated rings. The Hall–Kier alpha value is -1.43. The van der Waals surface area contributed by atoms with Crippen molar-refractivity contribution in [1.29, 1.82) is 5.26 Å². The monoisotopic (exact) mass is 204 g/mol. The minimum absolute atomic E-state index is 0.536. The van der Waals surface area contributed by atoms with Crippen molar-refractivity contribution >= 4 is 22.4 Å². The molecule has 0 atom stereocenters. The molecule has 14 heavy (non-hydrogen) atoms. The van der Waals surface area contributed by atoms with Gasteiger partial charge in [0.25, 0.3) is 0 Å². The molecule has 0 unspecified atom stereocenters. The molecule has 1 aromatic rings. The summed E-state index contributed by atoms with van der Waals surface area (Å²) < 4.78 is 0. The summed E-state index contributed by atoms with van der Waals surface area (Å²) in [7, 11) is 0. The normalized spacial score (nSPS) is 13.9. The van der Waals surface area contributed by atoms with Gasteiger partial charge in [-0.05, 0) is 31.2 Å². The third kappa shape index (κ3) is 1.37. The topological polar surface area (TPSA) is 53.2 Å². The van der Waals surface area contributed by atoms with E-state index in [1.54, 1.807) is 0 Å². The van der Waals surface area contributed by atoms with Gasteiger partial charge in [-0.15, -0.1) is 11.3 Å². The van der Waals surface area contributed by atoms with Crippen LogP contribution in [0.4, 0.5) is 5.00 Å². The summed E-state index contributed by atoms with van der Waals surface area (Å²) in [5.74, 6) is 0. The largest absolute Gasteiger partial charge is 0.241 e. The quantitative estimate of drug-likeness (QED) is 0.521. The lowest BCUT2D eigenvalue weighted by Gasteiger charge is -2.09. The predicted octanol–water partition coefficient (Wildman–Crippen LogP) is 2.47. The van der Waals surface area contributed by atoms with Crippen molar-refractivity contribution in [2.24, 2.45) is 4.99 Å². The molecule has 1 heterocycles. The molecule has 0 saturated heterocycles. The maximum absolute atomic E-state index is 10.2. The summed E-state index contributed by atoms with van der Waals surface area (Å²) in [5, 5.41) is 9.49. The van der Waals surface area contributed by atoms with Gasteiger partial charge in [-0.2, -0.15) is 10.3 Å². The zero-order valence-electron chi connectivity index (χ0n) is 7.54. The molecule has 0 amide bonds. The Morgan fingerprint density at radius 3 is 2.86 bits per heavy atom. The van der Waals surface area contributed by atoms with Crippen LogP contribution in [0.1, 0.15) is 28.8 Å². The highest BCUT2D eigenvalue weighted by Gasteiger charge is 2.20. The standard InChI is InChI=1S/C10H8N2OS/c11-5-8-7-3-1-2-4-9(7)14-10(8)12-6-13/h1-4H2. The fourth-order valence-electron chi connectivity index (χ4n) is 1.79. The van der Waals surface area contributed by atoms with E-state index >= 15 is 0 Å². The molecule has 0 bridgehead atoms. The van der Waals surface area contributed by atoms with E-state index in [4.69, 9.17) is 5.26 Å². The molecule has 0 saturated carbocycles. The van der Waals surface area contributed by atoms with Gasteiger partial charge in [-0.3, -0.25) is 0 Å². The van der Waals surface area contributed by atoms with E-state index in [0.29, 0.717) is 10.6 Å². The number of aliphatic imine (C=N–C) groups is 1. The highest BCUT2D eigenvalue weighted by molar-refractivity contribution is 7.16. The van der Waals surface area contributed by atoms with Crippen LogP contribution in [0.3, 0.4) is 0 Å².